The third-order valence-electron chi connectivity index (χ3n) is 4.06. The molecule has 0 atom stereocenters. The molecule has 146 valence electrons. The van der Waals surface area contributed by atoms with Crippen LogP contribution in [-0.2, 0) is 4.57 Å². The van der Waals surface area contributed by atoms with Gasteiger partial charge in [-0.25, -0.2) is 4.79 Å². The summed E-state index contributed by atoms with van der Waals surface area (Å²) in [5.41, 5.74) is 0.613. The highest BCUT2D eigenvalue weighted by Crippen LogP contribution is 2.50. The Morgan fingerprint density at radius 3 is 1.86 bits per heavy atom. The molecule has 1 aromatic heterocycles. The first-order chi connectivity index (χ1) is 14.0. The van der Waals surface area contributed by atoms with Crippen LogP contribution in [0.1, 0.15) is 5.56 Å². The molecule has 7 heteroatoms. The molecule has 0 unspecified atom stereocenters. The van der Waals surface area contributed by atoms with E-state index in [1.807, 2.05) is 19.1 Å². The van der Waals surface area contributed by atoms with Crippen LogP contribution >= 0.6 is 7.82 Å². The van der Waals surface area contributed by atoms with Gasteiger partial charge >= 0.3 is 13.4 Å². The van der Waals surface area contributed by atoms with Gasteiger partial charge in [0.25, 0.3) is 0 Å². The maximum Gasteiger partial charge on any atom is 0.647 e. The molecular formula is C22H17O6P. The normalized spacial score (nSPS) is 11.2. The van der Waals surface area contributed by atoms with Crippen molar-refractivity contribution in [3.63, 3.8) is 0 Å². The van der Waals surface area contributed by atoms with Gasteiger partial charge in [-0.3, -0.25) is 0 Å². The van der Waals surface area contributed by atoms with Crippen LogP contribution in [-0.4, -0.2) is 0 Å². The molecule has 0 spiro atoms. The van der Waals surface area contributed by atoms with Gasteiger partial charge in [0.1, 0.15) is 22.8 Å². The first kappa shape index (κ1) is 18.8. The molecule has 0 aliphatic heterocycles. The van der Waals surface area contributed by atoms with E-state index < -0.39 is 13.4 Å². The van der Waals surface area contributed by atoms with Crippen molar-refractivity contribution >= 4 is 18.8 Å². The van der Waals surface area contributed by atoms with E-state index in [0.717, 1.165) is 10.9 Å². The van der Waals surface area contributed by atoms with Gasteiger partial charge in [-0.1, -0.05) is 36.4 Å². The topological polar surface area (TPSA) is 75.0 Å². The lowest BCUT2D eigenvalue weighted by molar-refractivity contribution is 0.298. The zero-order chi connectivity index (χ0) is 20.3. The number of fused-ring (bicyclic) bond motifs is 1. The second-order valence-corrected chi connectivity index (χ2v) is 7.70. The summed E-state index contributed by atoms with van der Waals surface area (Å²) >= 11 is 0. The third-order valence-corrected chi connectivity index (χ3v) is 5.36. The highest BCUT2D eigenvalue weighted by molar-refractivity contribution is 7.49. The second-order valence-electron chi connectivity index (χ2n) is 6.25. The Labute approximate surface area is 166 Å². The van der Waals surface area contributed by atoms with Gasteiger partial charge in [0, 0.05) is 17.5 Å². The van der Waals surface area contributed by atoms with Gasteiger partial charge < -0.3 is 18.0 Å². The van der Waals surface area contributed by atoms with Crippen molar-refractivity contribution in [2.24, 2.45) is 0 Å². The van der Waals surface area contributed by atoms with Crippen LogP contribution in [0.15, 0.2) is 94.1 Å². The summed E-state index contributed by atoms with van der Waals surface area (Å²) in [6.45, 7) is 1.81. The summed E-state index contributed by atoms with van der Waals surface area (Å²) in [6.07, 6.45) is 0. The third kappa shape index (κ3) is 4.50. The molecule has 0 bridgehead atoms. The fourth-order valence-electron chi connectivity index (χ4n) is 2.77. The number of para-hydroxylation sites is 2. The molecule has 4 rings (SSSR count). The Bertz CT molecular complexity index is 1190. The molecule has 0 aliphatic rings. The van der Waals surface area contributed by atoms with Crippen molar-refractivity contribution in [1.82, 2.24) is 0 Å². The largest absolute Gasteiger partial charge is 0.647 e. The zero-order valence-corrected chi connectivity index (χ0v) is 16.4. The van der Waals surface area contributed by atoms with E-state index in [9.17, 15) is 9.36 Å². The van der Waals surface area contributed by atoms with Gasteiger partial charge in [-0.2, -0.15) is 4.57 Å². The summed E-state index contributed by atoms with van der Waals surface area (Å²) in [4.78, 5) is 11.7. The average Bonchev–Trinajstić information content (AvgIpc) is 2.68. The van der Waals surface area contributed by atoms with Gasteiger partial charge in [-0.05, 0) is 48.9 Å². The summed E-state index contributed by atoms with van der Waals surface area (Å²) in [5, 5.41) is 0.750. The highest BCUT2D eigenvalue weighted by Gasteiger charge is 2.33. The lowest BCUT2D eigenvalue weighted by Gasteiger charge is -2.19. The summed E-state index contributed by atoms with van der Waals surface area (Å²) in [7, 11) is -4.11. The zero-order valence-electron chi connectivity index (χ0n) is 15.5. The average molecular weight is 408 g/mol. The molecule has 0 radical (unpaired) electrons. The number of benzene rings is 3. The van der Waals surface area contributed by atoms with Gasteiger partial charge in [0.15, 0.2) is 0 Å². The maximum absolute atomic E-state index is 13.4. The molecule has 1 heterocycles. The second kappa shape index (κ2) is 7.86. The monoisotopic (exact) mass is 408 g/mol. The molecule has 29 heavy (non-hydrogen) atoms. The maximum atomic E-state index is 13.4. The van der Waals surface area contributed by atoms with Crippen LogP contribution in [0.2, 0.25) is 0 Å². The molecule has 0 saturated carbocycles. The van der Waals surface area contributed by atoms with Crippen LogP contribution < -0.4 is 19.2 Å². The Morgan fingerprint density at radius 1 is 0.724 bits per heavy atom. The Balaban J connectivity index is 1.70. The molecule has 0 fully saturated rings. The van der Waals surface area contributed by atoms with Crippen LogP contribution in [0.5, 0.6) is 17.2 Å². The van der Waals surface area contributed by atoms with Crippen molar-refractivity contribution in [2.45, 2.75) is 6.92 Å². The number of phosphoric ester groups is 1. The molecule has 0 N–H and O–H groups in total. The van der Waals surface area contributed by atoms with Crippen molar-refractivity contribution in [1.29, 1.82) is 0 Å². The summed E-state index contributed by atoms with van der Waals surface area (Å²) < 4.78 is 35.5. The molecule has 0 aliphatic carbocycles. The van der Waals surface area contributed by atoms with Crippen LogP contribution in [0.25, 0.3) is 11.0 Å². The van der Waals surface area contributed by atoms with E-state index >= 15 is 0 Å². The van der Waals surface area contributed by atoms with E-state index in [-0.39, 0.29) is 5.75 Å². The van der Waals surface area contributed by atoms with E-state index in [1.165, 1.54) is 12.1 Å². The number of aryl methyl sites for hydroxylation is 1. The fourth-order valence-corrected chi connectivity index (χ4v) is 4.01. The summed E-state index contributed by atoms with van der Waals surface area (Å²) in [6, 6.07) is 23.4. The first-order valence-electron chi connectivity index (χ1n) is 8.84. The summed E-state index contributed by atoms with van der Waals surface area (Å²) in [5.74, 6) is 0.839. The Morgan fingerprint density at radius 2 is 1.28 bits per heavy atom. The first-order valence-corrected chi connectivity index (χ1v) is 10.3. The lowest BCUT2D eigenvalue weighted by Crippen LogP contribution is -2.07. The number of hydrogen-bond acceptors (Lipinski definition) is 6. The molecule has 0 amide bonds. The van der Waals surface area contributed by atoms with Crippen molar-refractivity contribution in [3.8, 4) is 17.2 Å². The Hall–Kier alpha value is -3.50. The smallest absolute Gasteiger partial charge is 0.423 e. The predicted octanol–water partition coefficient (Wildman–Crippen LogP) is 5.75. The van der Waals surface area contributed by atoms with Crippen molar-refractivity contribution < 1.29 is 22.6 Å². The highest BCUT2D eigenvalue weighted by atomic mass is 31.2. The van der Waals surface area contributed by atoms with Gasteiger partial charge in [0.05, 0.1) is 0 Å². The quantitative estimate of drug-likeness (QED) is 0.299. The molecule has 4 aromatic rings. The molecule has 0 saturated heterocycles. The number of phosphoric acid groups is 1. The van der Waals surface area contributed by atoms with E-state index in [2.05, 4.69) is 0 Å². The molecule has 6 nitrogen and oxygen atoms in total. The van der Waals surface area contributed by atoms with Crippen LogP contribution in [0, 0.1) is 6.92 Å². The standard InChI is InChI=1S/C22H17O6P/c1-16-14-22(23)25-21-15-19(12-13-20(16)21)28-29(24,26-17-8-4-2-5-9-17)27-18-10-6-3-7-11-18/h2-15H,1H3. The van der Waals surface area contributed by atoms with E-state index in [1.54, 1.807) is 60.7 Å². The Kier molecular flexibility index (Phi) is 5.10. The number of hydrogen-bond donors (Lipinski definition) is 0. The molecule has 3 aromatic carbocycles. The minimum absolute atomic E-state index is 0.182. The SMILES string of the molecule is Cc1cc(=O)oc2cc(OP(=O)(Oc3ccccc3)Oc3ccccc3)ccc12. The van der Waals surface area contributed by atoms with Crippen molar-refractivity contribution in [3.05, 3.63) is 101 Å². The van der Waals surface area contributed by atoms with Crippen LogP contribution in [0.4, 0.5) is 0 Å². The minimum atomic E-state index is -4.11. The van der Waals surface area contributed by atoms with Gasteiger partial charge in [0.2, 0.25) is 0 Å². The molecular weight excluding hydrogens is 391 g/mol. The van der Waals surface area contributed by atoms with E-state index in [4.69, 9.17) is 18.0 Å². The number of rotatable bonds is 6. The van der Waals surface area contributed by atoms with Crippen LogP contribution in [0.3, 0.4) is 0 Å². The lowest BCUT2D eigenvalue weighted by atomic mass is 10.1. The van der Waals surface area contributed by atoms with E-state index in [0.29, 0.717) is 17.1 Å². The van der Waals surface area contributed by atoms with Crippen molar-refractivity contribution in [2.75, 3.05) is 0 Å². The minimum Gasteiger partial charge on any atom is -0.423 e. The predicted molar refractivity (Wildman–Crippen MR) is 110 cm³/mol. The van der Waals surface area contributed by atoms with Gasteiger partial charge in [-0.15, -0.1) is 0 Å². The fraction of sp³-hybridized carbons (Fsp3) is 0.0455.